The maximum absolute atomic E-state index is 8.49. The van der Waals surface area contributed by atoms with Crippen LogP contribution < -0.4 is 28.2 Å². The van der Waals surface area contributed by atoms with Crippen LogP contribution >= 0.6 is 0 Å². The van der Waals surface area contributed by atoms with Crippen molar-refractivity contribution in [1.82, 2.24) is 0 Å². The third kappa shape index (κ3) is 8.96. The molecule has 0 fully saturated rings. The molecule has 1 aromatic heterocycles. The fourth-order valence-electron chi connectivity index (χ4n) is 1.67. The molecular weight excluding hydrogens is 298 g/mol. The SMILES string of the molecule is Cc1cc(C)c[n+](OCc2ccccc2)c1.[O-][Cl+3]([O-])([O-])[O-]. The zero-order valence-electron chi connectivity index (χ0n) is 11.7. The predicted octanol–water partition coefficient (Wildman–Crippen LogP) is -2.54. The first-order chi connectivity index (χ1) is 9.74. The molecule has 0 unspecified atom stereocenters. The second-order valence-electron chi connectivity index (χ2n) is 4.39. The number of halogens is 1. The monoisotopic (exact) mass is 313 g/mol. The third-order valence-electron chi connectivity index (χ3n) is 2.34. The predicted molar refractivity (Wildman–Crippen MR) is 62.8 cm³/mol. The first kappa shape index (κ1) is 17.4. The van der Waals surface area contributed by atoms with Crippen molar-refractivity contribution < 1.29 is 38.4 Å². The molecule has 21 heavy (non-hydrogen) atoms. The standard InChI is InChI=1S/C14H16NO.ClHO4/c1-12-8-13(2)10-15(9-12)16-11-14-6-4-3-5-7-14;2-1(3,4)5/h3-10H,11H2,1-2H3;(H,2,3,4,5)/q+1;/p-1. The fraction of sp³-hybridized carbons (Fsp3) is 0.214. The molecule has 0 radical (unpaired) electrons. The third-order valence-corrected chi connectivity index (χ3v) is 2.34. The van der Waals surface area contributed by atoms with Gasteiger partial charge in [0.15, 0.2) is 6.61 Å². The Morgan fingerprint density at radius 3 is 1.90 bits per heavy atom. The Morgan fingerprint density at radius 2 is 1.43 bits per heavy atom. The van der Waals surface area contributed by atoms with Gasteiger partial charge in [0, 0.05) is 15.9 Å². The van der Waals surface area contributed by atoms with Gasteiger partial charge in [-0.2, -0.15) is 0 Å². The van der Waals surface area contributed by atoms with Crippen molar-refractivity contribution in [3.05, 3.63) is 65.5 Å². The minimum atomic E-state index is -4.94. The van der Waals surface area contributed by atoms with E-state index >= 15 is 0 Å². The lowest BCUT2D eigenvalue weighted by Crippen LogP contribution is -2.68. The summed E-state index contributed by atoms with van der Waals surface area (Å²) in [6.07, 6.45) is 3.96. The van der Waals surface area contributed by atoms with Crippen LogP contribution in [-0.2, 0) is 6.61 Å². The normalized spacial score (nSPS) is 10.6. The van der Waals surface area contributed by atoms with E-state index in [-0.39, 0.29) is 0 Å². The molecule has 0 atom stereocenters. The van der Waals surface area contributed by atoms with Crippen LogP contribution in [0.4, 0.5) is 0 Å². The van der Waals surface area contributed by atoms with Gasteiger partial charge in [-0.05, 0) is 25.5 Å². The van der Waals surface area contributed by atoms with E-state index in [0.29, 0.717) is 6.61 Å². The Kier molecular flexibility index (Phi) is 6.54. The average Bonchev–Trinajstić information content (AvgIpc) is 2.34. The van der Waals surface area contributed by atoms with Crippen LogP contribution in [0, 0.1) is 24.1 Å². The average molecular weight is 314 g/mol. The molecular formula is C14H16ClNO5. The molecule has 0 bridgehead atoms. The molecule has 114 valence electrons. The Labute approximate surface area is 125 Å². The quantitative estimate of drug-likeness (QED) is 0.581. The van der Waals surface area contributed by atoms with Crippen LogP contribution in [0.2, 0.25) is 0 Å². The molecule has 0 aliphatic rings. The van der Waals surface area contributed by atoms with Crippen LogP contribution in [0.5, 0.6) is 0 Å². The molecule has 0 saturated carbocycles. The van der Waals surface area contributed by atoms with E-state index < -0.39 is 10.2 Å². The van der Waals surface area contributed by atoms with Crippen molar-refractivity contribution in [2.45, 2.75) is 20.5 Å². The van der Waals surface area contributed by atoms with Crippen molar-refractivity contribution in [1.29, 1.82) is 0 Å². The fourth-order valence-corrected chi connectivity index (χ4v) is 1.67. The highest BCUT2D eigenvalue weighted by Crippen LogP contribution is 1.99. The number of hydrogen-bond acceptors (Lipinski definition) is 5. The first-order valence-corrected chi connectivity index (χ1v) is 7.26. The van der Waals surface area contributed by atoms with Gasteiger partial charge in [-0.15, -0.1) is 10.2 Å². The van der Waals surface area contributed by atoms with Gasteiger partial charge in [-0.25, -0.2) is 18.6 Å². The van der Waals surface area contributed by atoms with Crippen LogP contribution in [0.3, 0.4) is 0 Å². The zero-order valence-corrected chi connectivity index (χ0v) is 12.4. The highest BCUT2D eigenvalue weighted by molar-refractivity contribution is 5.13. The van der Waals surface area contributed by atoms with Gasteiger partial charge in [-0.1, -0.05) is 30.3 Å². The molecule has 6 nitrogen and oxygen atoms in total. The highest BCUT2D eigenvalue weighted by atomic mass is 35.7. The number of pyridine rings is 1. The number of aromatic nitrogens is 1. The van der Waals surface area contributed by atoms with E-state index in [4.69, 9.17) is 23.5 Å². The first-order valence-electron chi connectivity index (χ1n) is 6.02. The summed E-state index contributed by atoms with van der Waals surface area (Å²) in [5.74, 6) is 0. The number of benzene rings is 1. The zero-order chi connectivity index (χ0) is 15.9. The Balaban J connectivity index is 0.000000383. The van der Waals surface area contributed by atoms with E-state index in [1.165, 1.54) is 16.7 Å². The van der Waals surface area contributed by atoms with Crippen molar-refractivity contribution in [2.75, 3.05) is 0 Å². The molecule has 0 aliphatic heterocycles. The van der Waals surface area contributed by atoms with Crippen molar-refractivity contribution in [2.24, 2.45) is 0 Å². The minimum absolute atomic E-state index is 0.592. The molecule has 1 heterocycles. The lowest BCUT2D eigenvalue weighted by Gasteiger charge is -2.17. The minimum Gasteiger partial charge on any atom is -0.267 e. The van der Waals surface area contributed by atoms with Gasteiger partial charge in [0.05, 0.1) is 0 Å². The maximum Gasteiger partial charge on any atom is 0.225 e. The lowest BCUT2D eigenvalue weighted by molar-refractivity contribution is -2.00. The lowest BCUT2D eigenvalue weighted by atomic mass is 10.2. The van der Waals surface area contributed by atoms with E-state index in [1.54, 1.807) is 4.73 Å². The van der Waals surface area contributed by atoms with Gasteiger partial charge in [0.2, 0.25) is 12.4 Å². The summed E-state index contributed by atoms with van der Waals surface area (Å²) in [6, 6.07) is 12.3. The van der Waals surface area contributed by atoms with Crippen molar-refractivity contribution >= 4 is 0 Å². The Hall–Kier alpha value is -1.70. The van der Waals surface area contributed by atoms with Crippen LogP contribution in [0.15, 0.2) is 48.8 Å². The molecule has 1 aromatic carbocycles. The summed E-state index contributed by atoms with van der Waals surface area (Å²) in [5.41, 5.74) is 3.58. The second kappa shape index (κ2) is 7.92. The van der Waals surface area contributed by atoms with E-state index in [2.05, 4.69) is 32.0 Å². The number of rotatable bonds is 3. The Morgan fingerprint density at radius 1 is 0.952 bits per heavy atom. The summed E-state index contributed by atoms with van der Waals surface area (Å²) >= 11 is 0. The smallest absolute Gasteiger partial charge is 0.225 e. The molecule has 2 aromatic rings. The number of hydrogen-bond donors (Lipinski definition) is 0. The van der Waals surface area contributed by atoms with Gasteiger partial charge < -0.3 is 0 Å². The van der Waals surface area contributed by atoms with Gasteiger partial charge in [-0.3, -0.25) is 4.84 Å². The van der Waals surface area contributed by atoms with Crippen LogP contribution in [0.1, 0.15) is 16.7 Å². The summed E-state index contributed by atoms with van der Waals surface area (Å²) in [4.78, 5) is 5.67. The number of nitrogens with zero attached hydrogens (tertiary/aromatic N) is 1. The van der Waals surface area contributed by atoms with Gasteiger partial charge in [0.25, 0.3) is 0 Å². The van der Waals surface area contributed by atoms with E-state index in [0.717, 1.165) is 0 Å². The Bertz CT molecular complexity index is 531. The molecule has 0 spiro atoms. The van der Waals surface area contributed by atoms with E-state index in [1.807, 2.05) is 30.6 Å². The molecule has 0 N–H and O–H groups in total. The molecule has 0 saturated heterocycles. The van der Waals surface area contributed by atoms with Gasteiger partial charge >= 0.3 is 0 Å². The maximum atomic E-state index is 8.49. The van der Waals surface area contributed by atoms with Crippen molar-refractivity contribution in [3.63, 3.8) is 0 Å². The topological polar surface area (TPSA) is 105 Å². The second-order valence-corrected chi connectivity index (χ2v) is 5.14. The highest BCUT2D eigenvalue weighted by Gasteiger charge is 2.04. The molecule has 2 rings (SSSR count). The summed E-state index contributed by atoms with van der Waals surface area (Å²) in [6.45, 7) is 4.72. The number of aryl methyl sites for hydroxylation is 2. The summed E-state index contributed by atoms with van der Waals surface area (Å²) in [7, 11) is -4.94. The largest absolute Gasteiger partial charge is 0.267 e. The van der Waals surface area contributed by atoms with Crippen molar-refractivity contribution in [3.8, 4) is 0 Å². The van der Waals surface area contributed by atoms with Crippen LogP contribution in [-0.4, -0.2) is 0 Å². The van der Waals surface area contributed by atoms with E-state index in [9.17, 15) is 0 Å². The summed E-state index contributed by atoms with van der Waals surface area (Å²) in [5, 5.41) is 0. The van der Waals surface area contributed by atoms with Gasteiger partial charge in [0.1, 0.15) is 0 Å². The molecule has 0 aliphatic carbocycles. The van der Waals surface area contributed by atoms with Crippen LogP contribution in [0.25, 0.3) is 0 Å². The summed E-state index contributed by atoms with van der Waals surface area (Å²) < 4.78 is 35.7. The molecule has 0 amide bonds. The molecule has 7 heteroatoms.